The first-order valence-electron chi connectivity index (χ1n) is 24.0. The molecule has 0 saturated carbocycles. The summed E-state index contributed by atoms with van der Waals surface area (Å²) in [4.78, 5) is 4.85. The first-order chi connectivity index (χ1) is 34.6. The Bertz CT molecular complexity index is 4060. The molecule has 0 bridgehead atoms. The SMILES string of the molecule is Cc1cc(N(c2cccc(-c3ccccc3)c2)c2cccc3c2oc2ccccc23)c2ccc3c(C)cc(N(c4cccc(-c5ccccc5)c4)c4cccc5c4oc4ccccc45)c4ccc1c2c34. The van der Waals surface area contributed by atoms with Crippen molar-refractivity contribution in [1.82, 2.24) is 0 Å². The summed E-state index contributed by atoms with van der Waals surface area (Å²) in [6.45, 7) is 4.51. The number of fused-ring (bicyclic) bond motifs is 6. The van der Waals surface area contributed by atoms with E-state index in [1.54, 1.807) is 0 Å². The van der Waals surface area contributed by atoms with E-state index in [1.807, 2.05) is 12.1 Å². The third kappa shape index (κ3) is 6.16. The highest BCUT2D eigenvalue weighted by Crippen LogP contribution is 2.52. The van der Waals surface area contributed by atoms with E-state index in [4.69, 9.17) is 8.83 Å². The van der Waals surface area contributed by atoms with Crippen LogP contribution in [0.3, 0.4) is 0 Å². The molecule has 0 aliphatic heterocycles. The Morgan fingerprint density at radius 1 is 0.271 bits per heavy atom. The summed E-state index contributed by atoms with van der Waals surface area (Å²) in [5.74, 6) is 0. The maximum Gasteiger partial charge on any atom is 0.159 e. The van der Waals surface area contributed by atoms with Crippen LogP contribution in [0.1, 0.15) is 11.1 Å². The van der Waals surface area contributed by atoms with Gasteiger partial charge in [-0.1, -0.05) is 170 Å². The average Bonchev–Trinajstić information content (AvgIpc) is 4.00. The summed E-state index contributed by atoms with van der Waals surface area (Å²) in [6.07, 6.45) is 0. The van der Waals surface area contributed by atoms with Crippen LogP contribution in [-0.4, -0.2) is 0 Å². The lowest BCUT2D eigenvalue weighted by molar-refractivity contribution is 0.669. The zero-order valence-electron chi connectivity index (χ0n) is 38.7. The number of hydrogen-bond donors (Lipinski definition) is 0. The largest absolute Gasteiger partial charge is 0.454 e. The standard InChI is InChI=1S/C66H44N2O2/c1-41-37-59(67(47-23-13-21-45(39-47)43-17-5-3-6-18-43)57-29-15-27-53-51-25-9-11-31-61(51)69-65(53)57)55-36-34-50-42(2)38-60(56-35-33-49(41)63(55)64(50)56)68(48-24-14-22-46(40-48)44-19-7-4-8-20-44)58-30-16-28-54-52-26-10-12-32-62(52)70-66(54)58/h3-40H,1-2H3. The van der Waals surface area contributed by atoms with E-state index >= 15 is 0 Å². The van der Waals surface area contributed by atoms with Crippen molar-refractivity contribution in [3.8, 4) is 22.3 Å². The smallest absolute Gasteiger partial charge is 0.159 e. The quantitative estimate of drug-likeness (QED) is 0.142. The lowest BCUT2D eigenvalue weighted by Gasteiger charge is -2.30. The van der Waals surface area contributed by atoms with E-state index < -0.39 is 0 Å². The Kier molecular flexibility index (Phi) is 8.99. The van der Waals surface area contributed by atoms with Crippen LogP contribution in [0.4, 0.5) is 34.1 Å². The van der Waals surface area contributed by atoms with E-state index in [2.05, 4.69) is 242 Å². The Hall–Kier alpha value is -9.12. The molecule has 14 rings (SSSR count). The van der Waals surface area contributed by atoms with Gasteiger partial charge in [-0.15, -0.1) is 0 Å². The van der Waals surface area contributed by atoms with Gasteiger partial charge in [0.05, 0.1) is 22.7 Å². The third-order valence-corrected chi connectivity index (χ3v) is 14.4. The zero-order chi connectivity index (χ0) is 46.5. The Morgan fingerprint density at radius 2 is 0.643 bits per heavy atom. The van der Waals surface area contributed by atoms with Crippen LogP contribution in [0, 0.1) is 13.8 Å². The minimum absolute atomic E-state index is 0.850. The highest BCUT2D eigenvalue weighted by atomic mass is 16.3. The number of rotatable bonds is 8. The summed E-state index contributed by atoms with van der Waals surface area (Å²) in [6, 6.07) is 83.0. The van der Waals surface area contributed by atoms with Crippen molar-refractivity contribution < 1.29 is 8.83 Å². The Morgan fingerprint density at radius 3 is 1.10 bits per heavy atom. The van der Waals surface area contributed by atoms with Crippen LogP contribution in [0.2, 0.25) is 0 Å². The van der Waals surface area contributed by atoms with Crippen LogP contribution in [0.15, 0.2) is 239 Å². The molecule has 2 heterocycles. The number of benzene rings is 12. The molecule has 0 radical (unpaired) electrons. The average molecular weight is 897 g/mol. The van der Waals surface area contributed by atoms with Gasteiger partial charge in [0.1, 0.15) is 11.2 Å². The van der Waals surface area contributed by atoms with E-state index in [-0.39, 0.29) is 0 Å². The van der Waals surface area contributed by atoms with Crippen molar-refractivity contribution in [3.05, 3.63) is 242 Å². The molecule has 0 aliphatic rings. The van der Waals surface area contributed by atoms with Gasteiger partial charge in [0, 0.05) is 43.7 Å². The highest BCUT2D eigenvalue weighted by molar-refractivity contribution is 6.30. The maximum atomic E-state index is 6.85. The number of anilines is 6. The second-order valence-electron chi connectivity index (χ2n) is 18.5. The molecule has 0 N–H and O–H groups in total. The van der Waals surface area contributed by atoms with Crippen molar-refractivity contribution >= 4 is 110 Å². The predicted molar refractivity (Wildman–Crippen MR) is 294 cm³/mol. The topological polar surface area (TPSA) is 32.8 Å². The van der Waals surface area contributed by atoms with Gasteiger partial charge in [-0.3, -0.25) is 0 Å². The van der Waals surface area contributed by atoms with Crippen LogP contribution in [-0.2, 0) is 0 Å². The predicted octanol–water partition coefficient (Wildman–Crippen LogP) is 19.3. The number of hydrogen-bond acceptors (Lipinski definition) is 4. The number of nitrogens with zero attached hydrogens (tertiary/aromatic N) is 2. The molecular weight excluding hydrogens is 853 g/mol. The molecule has 14 aromatic rings. The van der Waals surface area contributed by atoms with Crippen molar-refractivity contribution in [1.29, 1.82) is 0 Å². The fourth-order valence-electron chi connectivity index (χ4n) is 11.2. The van der Waals surface area contributed by atoms with E-state index in [0.29, 0.717) is 0 Å². The first-order valence-corrected chi connectivity index (χ1v) is 24.0. The number of para-hydroxylation sites is 4. The fraction of sp³-hybridized carbons (Fsp3) is 0.0303. The summed E-state index contributed by atoms with van der Waals surface area (Å²) >= 11 is 0. The van der Waals surface area contributed by atoms with Crippen molar-refractivity contribution in [2.75, 3.05) is 9.80 Å². The van der Waals surface area contributed by atoms with E-state index in [1.165, 1.54) is 32.7 Å². The zero-order valence-corrected chi connectivity index (χ0v) is 38.7. The minimum Gasteiger partial charge on any atom is -0.454 e. The lowest BCUT2D eigenvalue weighted by Crippen LogP contribution is -2.12. The summed E-state index contributed by atoms with van der Waals surface area (Å²) in [5.41, 5.74) is 16.7. The van der Waals surface area contributed by atoms with E-state index in [0.717, 1.165) is 111 Å². The van der Waals surface area contributed by atoms with Gasteiger partial charge in [-0.25, -0.2) is 0 Å². The molecule has 0 unspecified atom stereocenters. The van der Waals surface area contributed by atoms with Gasteiger partial charge in [-0.05, 0) is 129 Å². The molecule has 0 aliphatic carbocycles. The molecule has 330 valence electrons. The minimum atomic E-state index is 0.850. The van der Waals surface area contributed by atoms with Gasteiger partial charge in [-0.2, -0.15) is 0 Å². The van der Waals surface area contributed by atoms with Crippen LogP contribution in [0.5, 0.6) is 0 Å². The third-order valence-electron chi connectivity index (χ3n) is 14.4. The first kappa shape index (κ1) is 40.0. The molecular formula is C66H44N2O2. The second-order valence-corrected chi connectivity index (χ2v) is 18.5. The summed E-state index contributed by atoms with van der Waals surface area (Å²) < 4.78 is 13.7. The molecule has 0 atom stereocenters. The highest BCUT2D eigenvalue weighted by Gasteiger charge is 2.27. The number of furan rings is 2. The van der Waals surface area contributed by atoms with Crippen molar-refractivity contribution in [3.63, 3.8) is 0 Å². The summed E-state index contributed by atoms with van der Waals surface area (Å²) in [5, 5.41) is 11.6. The molecule has 12 aromatic carbocycles. The molecule has 4 nitrogen and oxygen atoms in total. The molecule has 0 fully saturated rings. The van der Waals surface area contributed by atoms with Crippen LogP contribution < -0.4 is 9.80 Å². The normalized spacial score (nSPS) is 11.9. The lowest BCUT2D eigenvalue weighted by atomic mass is 9.88. The molecule has 2 aromatic heterocycles. The molecule has 0 spiro atoms. The molecule has 0 saturated heterocycles. The second kappa shape index (κ2) is 15.7. The van der Waals surface area contributed by atoms with Gasteiger partial charge in [0.25, 0.3) is 0 Å². The molecule has 4 heteroatoms. The van der Waals surface area contributed by atoms with Gasteiger partial charge in [0.2, 0.25) is 0 Å². The maximum absolute atomic E-state index is 6.85. The van der Waals surface area contributed by atoms with Gasteiger partial charge >= 0.3 is 0 Å². The Balaban J connectivity index is 1.06. The number of aryl methyl sites for hydroxylation is 2. The molecule has 70 heavy (non-hydrogen) atoms. The summed E-state index contributed by atoms with van der Waals surface area (Å²) in [7, 11) is 0. The van der Waals surface area contributed by atoms with Crippen LogP contribution in [0.25, 0.3) is 98.4 Å². The van der Waals surface area contributed by atoms with Crippen LogP contribution >= 0.6 is 0 Å². The Labute approximate surface area is 404 Å². The molecule has 0 amide bonds. The monoisotopic (exact) mass is 896 g/mol. The van der Waals surface area contributed by atoms with Gasteiger partial charge < -0.3 is 18.6 Å². The van der Waals surface area contributed by atoms with Gasteiger partial charge in [0.15, 0.2) is 11.2 Å². The fourth-order valence-corrected chi connectivity index (χ4v) is 11.2. The van der Waals surface area contributed by atoms with E-state index in [9.17, 15) is 0 Å². The van der Waals surface area contributed by atoms with Crippen molar-refractivity contribution in [2.24, 2.45) is 0 Å². The van der Waals surface area contributed by atoms with Crippen molar-refractivity contribution in [2.45, 2.75) is 13.8 Å².